The number of amides is 2. The van der Waals surface area contributed by atoms with E-state index in [0.717, 1.165) is 24.1 Å². The number of benzene rings is 2. The monoisotopic (exact) mass is 642 g/mol. The van der Waals surface area contributed by atoms with Crippen LogP contribution in [0.15, 0.2) is 42.5 Å². The molecule has 0 aliphatic carbocycles. The highest BCUT2D eigenvalue weighted by atomic mass is 16.7. The van der Waals surface area contributed by atoms with E-state index in [0.29, 0.717) is 87.0 Å². The van der Waals surface area contributed by atoms with Gasteiger partial charge in [-0.05, 0) is 75.8 Å². The Morgan fingerprint density at radius 2 is 1.64 bits per heavy atom. The highest BCUT2D eigenvalue weighted by Gasteiger charge is 2.36. The number of aromatic nitrogens is 1. The van der Waals surface area contributed by atoms with Crippen LogP contribution in [0.3, 0.4) is 0 Å². The number of carboxylic acid groups (broad SMARTS) is 1. The minimum absolute atomic E-state index is 0.0635. The Morgan fingerprint density at radius 1 is 0.915 bits per heavy atom. The minimum atomic E-state index is -0.963. The fourth-order valence-electron chi connectivity index (χ4n) is 7.30. The van der Waals surface area contributed by atoms with E-state index in [1.165, 1.54) is 5.56 Å². The molecule has 2 amide bonds. The van der Waals surface area contributed by atoms with Gasteiger partial charge in [0.15, 0.2) is 11.5 Å². The van der Waals surface area contributed by atoms with Crippen molar-refractivity contribution in [3.8, 4) is 22.8 Å². The lowest BCUT2D eigenvalue weighted by Gasteiger charge is -2.42. The molecule has 248 valence electrons. The summed E-state index contributed by atoms with van der Waals surface area (Å²) in [5, 5.41) is 10.1. The van der Waals surface area contributed by atoms with E-state index in [2.05, 4.69) is 21.6 Å². The van der Waals surface area contributed by atoms with Crippen molar-refractivity contribution >= 4 is 18.0 Å². The summed E-state index contributed by atoms with van der Waals surface area (Å²) in [4.78, 5) is 45.8. The van der Waals surface area contributed by atoms with Gasteiger partial charge in [-0.2, -0.15) is 0 Å². The van der Waals surface area contributed by atoms with E-state index in [1.54, 1.807) is 17.0 Å². The van der Waals surface area contributed by atoms with Crippen molar-refractivity contribution in [2.75, 3.05) is 39.5 Å². The van der Waals surface area contributed by atoms with Gasteiger partial charge in [0.05, 0.1) is 16.8 Å². The van der Waals surface area contributed by atoms with Crippen molar-refractivity contribution in [3.63, 3.8) is 0 Å². The molecule has 5 heterocycles. The number of piperazine rings is 1. The third-order valence-corrected chi connectivity index (χ3v) is 9.61. The van der Waals surface area contributed by atoms with Crippen LogP contribution in [0.4, 0.5) is 4.79 Å². The van der Waals surface area contributed by atoms with Crippen LogP contribution in [0.25, 0.3) is 11.3 Å². The summed E-state index contributed by atoms with van der Waals surface area (Å²) < 4.78 is 19.1. The lowest BCUT2D eigenvalue weighted by molar-refractivity contribution is 0.0116. The number of carbonyl (C=O) groups is 3. The van der Waals surface area contributed by atoms with Crippen LogP contribution in [0, 0.1) is 0 Å². The van der Waals surface area contributed by atoms with Crippen LogP contribution >= 0.6 is 0 Å². The molecule has 2 aromatic carbocycles. The van der Waals surface area contributed by atoms with Gasteiger partial charge in [-0.1, -0.05) is 24.3 Å². The van der Waals surface area contributed by atoms with Gasteiger partial charge in [-0.25, -0.2) is 9.59 Å². The van der Waals surface area contributed by atoms with Crippen molar-refractivity contribution in [1.29, 1.82) is 0 Å². The molecular weight excluding hydrogens is 600 g/mol. The van der Waals surface area contributed by atoms with Gasteiger partial charge in [0.1, 0.15) is 5.60 Å². The Hall–Kier alpha value is -4.51. The molecule has 3 aromatic rings. The number of carboxylic acids is 1. The SMILES string of the molecule is CC(C)(C)OC(=O)N1CCN(CC2Cc3ccccc3CN2C(=O)c2cc3c(cc2-c2cc(C(=O)O)c4n2CCCC4)OCO3)CC1. The molecule has 47 heavy (non-hydrogen) atoms. The lowest BCUT2D eigenvalue weighted by atomic mass is 9.92. The minimum Gasteiger partial charge on any atom is -0.478 e. The van der Waals surface area contributed by atoms with Gasteiger partial charge in [0, 0.05) is 63.1 Å². The predicted octanol–water partition coefficient (Wildman–Crippen LogP) is 5.04. The number of nitrogens with zero attached hydrogens (tertiary/aromatic N) is 4. The molecule has 1 atom stereocenters. The van der Waals surface area contributed by atoms with E-state index >= 15 is 0 Å². The first-order valence-corrected chi connectivity index (χ1v) is 16.5. The maximum Gasteiger partial charge on any atom is 0.410 e. The molecule has 0 bridgehead atoms. The van der Waals surface area contributed by atoms with Crippen molar-refractivity contribution in [2.45, 2.75) is 71.2 Å². The summed E-state index contributed by atoms with van der Waals surface area (Å²) in [5.41, 5.74) is 4.71. The van der Waals surface area contributed by atoms with E-state index in [1.807, 2.05) is 43.9 Å². The normalized spacial score (nSPS) is 19.3. The molecule has 1 aromatic heterocycles. The van der Waals surface area contributed by atoms with Crippen LogP contribution in [-0.4, -0.2) is 93.5 Å². The fraction of sp³-hybridized carbons (Fsp3) is 0.472. The average Bonchev–Trinajstić information content (AvgIpc) is 3.67. The zero-order chi connectivity index (χ0) is 32.9. The van der Waals surface area contributed by atoms with Crippen LogP contribution in [0.2, 0.25) is 0 Å². The van der Waals surface area contributed by atoms with E-state index < -0.39 is 11.6 Å². The molecule has 1 N–H and O–H groups in total. The summed E-state index contributed by atoms with van der Waals surface area (Å²) in [6.07, 6.45) is 2.96. The van der Waals surface area contributed by atoms with Crippen LogP contribution < -0.4 is 9.47 Å². The maximum absolute atomic E-state index is 14.9. The van der Waals surface area contributed by atoms with Gasteiger partial charge >= 0.3 is 12.1 Å². The third kappa shape index (κ3) is 6.16. The molecule has 1 fully saturated rings. The molecule has 1 saturated heterocycles. The summed E-state index contributed by atoms with van der Waals surface area (Å²) in [6, 6.07) is 13.5. The summed E-state index contributed by atoms with van der Waals surface area (Å²) >= 11 is 0. The molecule has 11 heteroatoms. The van der Waals surface area contributed by atoms with Crippen LogP contribution in [-0.2, 0) is 30.7 Å². The quantitative estimate of drug-likeness (QED) is 0.412. The number of ether oxygens (including phenoxy) is 3. The first kappa shape index (κ1) is 31.1. The molecule has 4 aliphatic heterocycles. The predicted molar refractivity (Wildman–Crippen MR) is 174 cm³/mol. The summed E-state index contributed by atoms with van der Waals surface area (Å²) in [5.74, 6) is -0.0418. The van der Waals surface area contributed by atoms with Crippen molar-refractivity contribution in [2.24, 2.45) is 0 Å². The Kier molecular flexibility index (Phi) is 8.11. The number of aromatic carboxylic acids is 1. The highest BCUT2D eigenvalue weighted by molar-refractivity contribution is 6.03. The van der Waals surface area contributed by atoms with E-state index in [-0.39, 0.29) is 30.4 Å². The first-order valence-electron chi connectivity index (χ1n) is 16.5. The molecule has 4 aliphatic rings. The maximum atomic E-state index is 14.9. The van der Waals surface area contributed by atoms with Gasteiger partial charge in [-0.15, -0.1) is 0 Å². The van der Waals surface area contributed by atoms with Crippen LogP contribution in [0.5, 0.6) is 11.5 Å². The van der Waals surface area contributed by atoms with Crippen molar-refractivity contribution in [1.82, 2.24) is 19.3 Å². The van der Waals surface area contributed by atoms with Gasteiger partial charge < -0.3 is 33.7 Å². The molecular formula is C36H42N4O7. The summed E-state index contributed by atoms with van der Waals surface area (Å²) in [7, 11) is 0. The van der Waals surface area contributed by atoms with Gasteiger partial charge in [0.2, 0.25) is 6.79 Å². The number of hydrogen-bond acceptors (Lipinski definition) is 7. The van der Waals surface area contributed by atoms with Crippen molar-refractivity contribution in [3.05, 3.63) is 70.4 Å². The van der Waals surface area contributed by atoms with Gasteiger partial charge in [-0.3, -0.25) is 9.69 Å². The Morgan fingerprint density at radius 3 is 2.36 bits per heavy atom. The third-order valence-electron chi connectivity index (χ3n) is 9.61. The molecule has 0 radical (unpaired) electrons. The Labute approximate surface area is 274 Å². The van der Waals surface area contributed by atoms with Crippen LogP contribution in [0.1, 0.15) is 71.1 Å². The number of hydrogen-bond donors (Lipinski definition) is 1. The second-order valence-corrected chi connectivity index (χ2v) is 13.9. The molecule has 7 rings (SSSR count). The fourth-order valence-corrected chi connectivity index (χ4v) is 7.30. The van der Waals surface area contributed by atoms with Crippen molar-refractivity contribution < 1.29 is 33.7 Å². The second kappa shape index (κ2) is 12.3. The standard InChI is InChI=1S/C36H42N4O7/c1-36(2,3)47-35(44)38-14-12-37(13-15-38)21-25-16-23-8-4-5-9-24(23)20-40(25)33(41)27-19-32-31(45-22-46-32)18-26(27)30-17-28(34(42)43)29-10-6-7-11-39(29)30/h4-5,8-9,17-19,25H,6-7,10-16,20-22H2,1-3H3,(H,42,43). The lowest BCUT2D eigenvalue weighted by Crippen LogP contribution is -2.55. The number of rotatable bonds is 5. The number of fused-ring (bicyclic) bond motifs is 3. The second-order valence-electron chi connectivity index (χ2n) is 13.9. The zero-order valence-corrected chi connectivity index (χ0v) is 27.3. The highest BCUT2D eigenvalue weighted by Crippen LogP contribution is 2.42. The molecule has 1 unspecified atom stereocenters. The average molecular weight is 643 g/mol. The molecule has 11 nitrogen and oxygen atoms in total. The molecule has 0 saturated carbocycles. The van der Waals surface area contributed by atoms with E-state index in [4.69, 9.17) is 14.2 Å². The topological polar surface area (TPSA) is 114 Å². The smallest absolute Gasteiger partial charge is 0.410 e. The number of carbonyl (C=O) groups excluding carboxylic acids is 2. The largest absolute Gasteiger partial charge is 0.478 e. The molecule has 0 spiro atoms. The zero-order valence-electron chi connectivity index (χ0n) is 27.3. The summed E-state index contributed by atoms with van der Waals surface area (Å²) in [6.45, 7) is 9.97. The Balaban J connectivity index is 1.21. The van der Waals surface area contributed by atoms with E-state index in [9.17, 15) is 19.5 Å². The van der Waals surface area contributed by atoms with Gasteiger partial charge in [0.25, 0.3) is 5.91 Å². The first-order chi connectivity index (χ1) is 22.6. The Bertz CT molecular complexity index is 1720.